The molecule has 1 N–H and O–H groups in total. The topological polar surface area (TPSA) is 60.9 Å². The van der Waals surface area contributed by atoms with Gasteiger partial charge in [0.25, 0.3) is 0 Å². The van der Waals surface area contributed by atoms with Crippen molar-refractivity contribution < 1.29 is 13.5 Å². The summed E-state index contributed by atoms with van der Waals surface area (Å²) < 4.78 is 26.4. The zero-order valence-corrected chi connectivity index (χ0v) is 13.1. The van der Waals surface area contributed by atoms with Crippen LogP contribution >= 0.6 is 0 Å². The molecule has 0 unspecified atom stereocenters. The fraction of sp³-hybridized carbons (Fsp3) is 0.600. The van der Waals surface area contributed by atoms with Gasteiger partial charge in [0.2, 0.25) is 10.0 Å². The molecule has 6 heteroatoms. The van der Waals surface area contributed by atoms with E-state index in [0.29, 0.717) is 13.1 Å². The number of hydrogen-bond acceptors (Lipinski definition) is 4. The van der Waals surface area contributed by atoms with Crippen molar-refractivity contribution in [3.8, 4) is 0 Å². The molecule has 0 atom stereocenters. The van der Waals surface area contributed by atoms with Gasteiger partial charge in [0.05, 0.1) is 5.75 Å². The highest BCUT2D eigenvalue weighted by Crippen LogP contribution is 2.13. The lowest BCUT2D eigenvalue weighted by molar-refractivity contribution is 0.180. The van der Waals surface area contributed by atoms with Gasteiger partial charge in [-0.1, -0.05) is 30.3 Å². The van der Waals surface area contributed by atoms with E-state index in [-0.39, 0.29) is 12.4 Å². The fourth-order valence-electron chi connectivity index (χ4n) is 2.55. The lowest BCUT2D eigenvalue weighted by Crippen LogP contribution is -2.49. The van der Waals surface area contributed by atoms with Crippen LogP contribution in [0.25, 0.3) is 0 Å². The maximum atomic E-state index is 12.4. The van der Waals surface area contributed by atoms with Crippen molar-refractivity contribution in [2.45, 2.75) is 18.6 Å². The molecule has 1 saturated heterocycles. The molecule has 1 aromatic rings. The van der Waals surface area contributed by atoms with Crippen molar-refractivity contribution in [2.24, 2.45) is 0 Å². The minimum Gasteiger partial charge on any atom is -0.396 e. The number of unbranched alkanes of at least 4 members (excludes halogenated alkanes) is 1. The molecule has 0 aliphatic carbocycles. The van der Waals surface area contributed by atoms with Crippen molar-refractivity contribution in [1.29, 1.82) is 0 Å². The van der Waals surface area contributed by atoms with E-state index in [9.17, 15) is 8.42 Å². The summed E-state index contributed by atoms with van der Waals surface area (Å²) in [6.45, 7) is 3.85. The Morgan fingerprint density at radius 3 is 2.29 bits per heavy atom. The third-order valence-electron chi connectivity index (χ3n) is 3.80. The Hall–Kier alpha value is -0.950. The molecule has 1 fully saturated rings. The van der Waals surface area contributed by atoms with Crippen molar-refractivity contribution >= 4 is 10.0 Å². The molecular weight excluding hydrogens is 288 g/mol. The summed E-state index contributed by atoms with van der Waals surface area (Å²) in [5.41, 5.74) is 0.836. The Balaban J connectivity index is 1.83. The number of hydrogen-bond donors (Lipinski definition) is 1. The Kier molecular flexibility index (Phi) is 6.17. The highest BCUT2D eigenvalue weighted by atomic mass is 32.2. The largest absolute Gasteiger partial charge is 0.396 e. The minimum absolute atomic E-state index is 0.0817. The third kappa shape index (κ3) is 5.07. The monoisotopic (exact) mass is 312 g/mol. The quantitative estimate of drug-likeness (QED) is 0.760. The number of benzene rings is 1. The van der Waals surface area contributed by atoms with Gasteiger partial charge in [-0.2, -0.15) is 4.31 Å². The average molecular weight is 312 g/mol. The number of sulfonamides is 1. The van der Waals surface area contributed by atoms with Crippen LogP contribution < -0.4 is 0 Å². The summed E-state index contributed by atoms with van der Waals surface area (Å²) in [5.74, 6) is 0.0817. The fourth-order valence-corrected chi connectivity index (χ4v) is 4.07. The first-order valence-corrected chi connectivity index (χ1v) is 9.08. The van der Waals surface area contributed by atoms with E-state index in [1.807, 2.05) is 30.3 Å². The summed E-state index contributed by atoms with van der Waals surface area (Å²) in [6.07, 6.45) is 1.78. The number of rotatable bonds is 7. The molecule has 0 radical (unpaired) electrons. The lowest BCUT2D eigenvalue weighted by atomic mass is 10.2. The normalized spacial score (nSPS) is 18.0. The van der Waals surface area contributed by atoms with E-state index in [0.717, 1.165) is 38.0 Å². The second-order valence-corrected chi connectivity index (χ2v) is 7.38. The van der Waals surface area contributed by atoms with Gasteiger partial charge in [0.1, 0.15) is 0 Å². The molecule has 0 saturated carbocycles. The van der Waals surface area contributed by atoms with Gasteiger partial charge in [-0.3, -0.25) is 0 Å². The van der Waals surface area contributed by atoms with Crippen LogP contribution in [-0.4, -0.2) is 62.1 Å². The first-order valence-electron chi connectivity index (χ1n) is 7.47. The molecule has 2 rings (SSSR count). The van der Waals surface area contributed by atoms with Crippen molar-refractivity contribution in [3.05, 3.63) is 35.9 Å². The smallest absolute Gasteiger partial charge is 0.218 e. The standard InChI is InChI=1S/C15H24N2O3S/c18-13-5-4-8-16-9-11-17(12-10-16)21(19,20)14-15-6-2-1-3-7-15/h1-3,6-7,18H,4-5,8-14H2. The first-order chi connectivity index (χ1) is 10.1. The number of piperazine rings is 1. The van der Waals surface area contributed by atoms with Crippen molar-refractivity contribution in [2.75, 3.05) is 39.3 Å². The second kappa shape index (κ2) is 7.89. The first kappa shape index (κ1) is 16.4. The van der Waals surface area contributed by atoms with Crippen LogP contribution in [0.5, 0.6) is 0 Å². The average Bonchev–Trinajstić information content (AvgIpc) is 2.49. The summed E-state index contributed by atoms with van der Waals surface area (Å²) in [6, 6.07) is 9.32. The molecule has 0 bridgehead atoms. The summed E-state index contributed by atoms with van der Waals surface area (Å²) in [7, 11) is -3.22. The van der Waals surface area contributed by atoms with Gasteiger partial charge in [-0.25, -0.2) is 8.42 Å². The zero-order chi connectivity index (χ0) is 15.1. The van der Waals surface area contributed by atoms with Crippen molar-refractivity contribution in [3.63, 3.8) is 0 Å². The Morgan fingerprint density at radius 1 is 1.00 bits per heavy atom. The second-order valence-electron chi connectivity index (χ2n) is 5.41. The van der Waals surface area contributed by atoms with Gasteiger partial charge in [0, 0.05) is 32.8 Å². The van der Waals surface area contributed by atoms with Crippen LogP contribution in [0.2, 0.25) is 0 Å². The minimum atomic E-state index is -3.22. The number of nitrogens with zero attached hydrogens (tertiary/aromatic N) is 2. The molecule has 21 heavy (non-hydrogen) atoms. The van der Waals surface area contributed by atoms with Gasteiger partial charge < -0.3 is 10.0 Å². The molecule has 118 valence electrons. The van der Waals surface area contributed by atoms with E-state index < -0.39 is 10.0 Å². The number of aliphatic hydroxyl groups excluding tert-OH is 1. The van der Waals surface area contributed by atoms with E-state index in [1.54, 1.807) is 4.31 Å². The predicted octanol–water partition coefficient (Wildman–Crippen LogP) is 0.907. The molecule has 1 aliphatic heterocycles. The molecule has 0 aromatic heterocycles. The van der Waals surface area contributed by atoms with Gasteiger partial charge in [0.15, 0.2) is 0 Å². The van der Waals surface area contributed by atoms with Crippen LogP contribution in [-0.2, 0) is 15.8 Å². The number of aliphatic hydroxyl groups is 1. The molecule has 1 aliphatic rings. The van der Waals surface area contributed by atoms with Crippen LogP contribution in [0.4, 0.5) is 0 Å². The van der Waals surface area contributed by atoms with Gasteiger partial charge in [-0.05, 0) is 24.9 Å². The van der Waals surface area contributed by atoms with Crippen LogP contribution in [0, 0.1) is 0 Å². The molecule has 1 heterocycles. The van der Waals surface area contributed by atoms with E-state index in [4.69, 9.17) is 5.11 Å². The molecular formula is C15H24N2O3S. The lowest BCUT2D eigenvalue weighted by Gasteiger charge is -2.34. The third-order valence-corrected chi connectivity index (χ3v) is 5.65. The molecule has 5 nitrogen and oxygen atoms in total. The summed E-state index contributed by atoms with van der Waals surface area (Å²) in [4.78, 5) is 2.27. The van der Waals surface area contributed by atoms with E-state index in [1.165, 1.54) is 0 Å². The predicted molar refractivity (Wildman–Crippen MR) is 83.4 cm³/mol. The maximum absolute atomic E-state index is 12.4. The molecule has 0 spiro atoms. The molecule has 0 amide bonds. The van der Waals surface area contributed by atoms with E-state index >= 15 is 0 Å². The highest BCUT2D eigenvalue weighted by Gasteiger charge is 2.26. The van der Waals surface area contributed by atoms with Crippen LogP contribution in [0.1, 0.15) is 18.4 Å². The van der Waals surface area contributed by atoms with Crippen molar-refractivity contribution in [1.82, 2.24) is 9.21 Å². The Labute approximate surface area is 127 Å². The Morgan fingerprint density at radius 2 is 1.67 bits per heavy atom. The van der Waals surface area contributed by atoms with Crippen LogP contribution in [0.15, 0.2) is 30.3 Å². The summed E-state index contributed by atoms with van der Waals surface area (Å²) in [5, 5.41) is 8.78. The highest BCUT2D eigenvalue weighted by molar-refractivity contribution is 7.88. The molecule has 1 aromatic carbocycles. The Bertz CT molecular complexity index is 511. The maximum Gasteiger partial charge on any atom is 0.218 e. The zero-order valence-electron chi connectivity index (χ0n) is 12.3. The van der Waals surface area contributed by atoms with Crippen LogP contribution in [0.3, 0.4) is 0 Å². The van der Waals surface area contributed by atoms with E-state index in [2.05, 4.69) is 4.90 Å². The SMILES string of the molecule is O=S(=O)(Cc1ccccc1)N1CCN(CCCCO)CC1. The summed E-state index contributed by atoms with van der Waals surface area (Å²) >= 11 is 0. The van der Waals surface area contributed by atoms with Gasteiger partial charge in [-0.15, -0.1) is 0 Å². The van der Waals surface area contributed by atoms with Gasteiger partial charge >= 0.3 is 0 Å².